The lowest BCUT2D eigenvalue weighted by Crippen LogP contribution is -2.37. The van der Waals surface area contributed by atoms with Crippen molar-refractivity contribution in [3.63, 3.8) is 0 Å². The van der Waals surface area contributed by atoms with Gasteiger partial charge in [0.1, 0.15) is 13.2 Å². The molecule has 0 bridgehead atoms. The number of likely N-dealkylation sites (N-methyl/N-ethyl adjacent to an activating group) is 1. The van der Waals surface area contributed by atoms with Crippen LogP contribution in [0.3, 0.4) is 0 Å². The van der Waals surface area contributed by atoms with Crippen LogP contribution in [0.2, 0.25) is 0 Å². The van der Waals surface area contributed by atoms with Gasteiger partial charge in [-0.3, -0.25) is 4.55 Å². The number of quaternary nitrogens is 1. The first-order valence-corrected chi connectivity index (χ1v) is 4.49. The van der Waals surface area contributed by atoms with E-state index in [4.69, 9.17) is 4.55 Å². The first kappa shape index (κ1) is 10.8. The Bertz CT molecular complexity index is 203. The van der Waals surface area contributed by atoms with Crippen LogP contribution in [0.1, 0.15) is 0 Å². The molecule has 0 radical (unpaired) electrons. The highest BCUT2D eigenvalue weighted by Gasteiger charge is 2.10. The molecule has 0 aromatic carbocycles. The SMILES string of the molecule is C[N+](C)(C)CCOS(=O)(=O)O. The highest BCUT2D eigenvalue weighted by molar-refractivity contribution is 7.80. The van der Waals surface area contributed by atoms with E-state index in [1.807, 2.05) is 21.1 Å². The molecule has 0 heterocycles. The summed E-state index contributed by atoms with van der Waals surface area (Å²) < 4.78 is 33.0. The van der Waals surface area contributed by atoms with Crippen LogP contribution in [0.4, 0.5) is 0 Å². The molecule has 0 fully saturated rings. The largest absolute Gasteiger partial charge is 0.397 e. The van der Waals surface area contributed by atoms with Gasteiger partial charge in [0, 0.05) is 0 Å². The Balaban J connectivity index is 3.61. The van der Waals surface area contributed by atoms with Crippen LogP contribution >= 0.6 is 0 Å². The molecule has 0 unspecified atom stereocenters. The summed E-state index contributed by atoms with van der Waals surface area (Å²) in [6.07, 6.45) is 0. The van der Waals surface area contributed by atoms with Crippen LogP contribution in [0.25, 0.3) is 0 Å². The topological polar surface area (TPSA) is 63.6 Å². The third-order valence-corrected chi connectivity index (χ3v) is 1.46. The maximum absolute atomic E-state index is 10.0. The normalized spacial score (nSPS) is 13.5. The van der Waals surface area contributed by atoms with Crippen molar-refractivity contribution in [3.05, 3.63) is 0 Å². The van der Waals surface area contributed by atoms with E-state index in [-0.39, 0.29) is 6.61 Å². The van der Waals surface area contributed by atoms with E-state index in [1.54, 1.807) is 0 Å². The van der Waals surface area contributed by atoms with Gasteiger partial charge in [0.05, 0.1) is 21.1 Å². The smallest absolute Gasteiger partial charge is 0.329 e. The lowest BCUT2D eigenvalue weighted by atomic mass is 10.5. The minimum atomic E-state index is -4.26. The third kappa shape index (κ3) is 9.83. The second-order valence-corrected chi connectivity index (χ2v) is 4.35. The Morgan fingerprint density at radius 2 is 1.82 bits per heavy atom. The van der Waals surface area contributed by atoms with Crippen LogP contribution in [-0.4, -0.2) is 51.7 Å². The van der Waals surface area contributed by atoms with E-state index in [2.05, 4.69) is 4.18 Å². The predicted molar refractivity (Wildman–Crippen MR) is 40.4 cm³/mol. The summed E-state index contributed by atoms with van der Waals surface area (Å²) in [6, 6.07) is 0. The van der Waals surface area contributed by atoms with Gasteiger partial charge in [-0.1, -0.05) is 0 Å². The fourth-order valence-electron chi connectivity index (χ4n) is 0.416. The van der Waals surface area contributed by atoms with Crippen LogP contribution in [-0.2, 0) is 14.6 Å². The van der Waals surface area contributed by atoms with Gasteiger partial charge >= 0.3 is 10.4 Å². The molecule has 68 valence electrons. The van der Waals surface area contributed by atoms with Gasteiger partial charge in [0.25, 0.3) is 0 Å². The van der Waals surface area contributed by atoms with Crippen LogP contribution < -0.4 is 0 Å². The monoisotopic (exact) mass is 184 g/mol. The Labute approximate surface area is 67.1 Å². The summed E-state index contributed by atoms with van der Waals surface area (Å²) in [5.74, 6) is 0. The van der Waals surface area contributed by atoms with Gasteiger partial charge in [0.2, 0.25) is 0 Å². The van der Waals surface area contributed by atoms with Crippen molar-refractivity contribution < 1.29 is 21.6 Å². The van der Waals surface area contributed by atoms with E-state index in [9.17, 15) is 8.42 Å². The molecule has 0 spiro atoms. The zero-order valence-corrected chi connectivity index (χ0v) is 7.76. The molecule has 0 saturated carbocycles. The van der Waals surface area contributed by atoms with E-state index < -0.39 is 10.4 Å². The van der Waals surface area contributed by atoms with Crippen molar-refractivity contribution in [1.82, 2.24) is 0 Å². The molecular formula is C5H14NO4S+. The number of nitrogens with zero attached hydrogens (tertiary/aromatic N) is 1. The van der Waals surface area contributed by atoms with Crippen molar-refractivity contribution in [3.8, 4) is 0 Å². The first-order valence-electron chi connectivity index (χ1n) is 3.13. The first-order chi connectivity index (χ1) is 4.71. The molecule has 0 aliphatic carbocycles. The maximum Gasteiger partial charge on any atom is 0.397 e. The summed E-state index contributed by atoms with van der Waals surface area (Å²) in [5.41, 5.74) is 0. The molecule has 6 heteroatoms. The van der Waals surface area contributed by atoms with Crippen molar-refractivity contribution in [2.24, 2.45) is 0 Å². The average molecular weight is 184 g/mol. The summed E-state index contributed by atoms with van der Waals surface area (Å²) >= 11 is 0. The fourth-order valence-corrected chi connectivity index (χ4v) is 0.702. The van der Waals surface area contributed by atoms with Gasteiger partial charge in [-0.05, 0) is 0 Å². The molecule has 11 heavy (non-hydrogen) atoms. The standard InChI is InChI=1S/C5H13NO4S/c1-6(2,3)4-5-10-11(7,8)9/h4-5H2,1-3H3/p+1. The van der Waals surface area contributed by atoms with E-state index in [0.29, 0.717) is 11.0 Å². The van der Waals surface area contributed by atoms with Gasteiger partial charge in [-0.15, -0.1) is 0 Å². The maximum atomic E-state index is 10.0. The fraction of sp³-hybridized carbons (Fsp3) is 1.00. The Morgan fingerprint density at radius 3 is 2.09 bits per heavy atom. The van der Waals surface area contributed by atoms with Crippen LogP contribution in [0.15, 0.2) is 0 Å². The van der Waals surface area contributed by atoms with Gasteiger partial charge < -0.3 is 4.48 Å². The summed E-state index contributed by atoms with van der Waals surface area (Å²) in [4.78, 5) is 0. The lowest BCUT2D eigenvalue weighted by Gasteiger charge is -2.22. The van der Waals surface area contributed by atoms with Crippen molar-refractivity contribution in [2.75, 3.05) is 34.3 Å². The molecule has 0 rings (SSSR count). The zero-order chi connectivity index (χ0) is 9.12. The lowest BCUT2D eigenvalue weighted by molar-refractivity contribution is -0.870. The van der Waals surface area contributed by atoms with Crippen LogP contribution in [0.5, 0.6) is 0 Å². The molecule has 0 amide bonds. The minimum absolute atomic E-state index is 0.00231. The van der Waals surface area contributed by atoms with Crippen molar-refractivity contribution in [1.29, 1.82) is 0 Å². The number of hydrogen-bond donors (Lipinski definition) is 1. The molecule has 1 N–H and O–H groups in total. The molecule has 0 aliphatic heterocycles. The Morgan fingerprint density at radius 1 is 1.36 bits per heavy atom. The Hall–Kier alpha value is -0.170. The van der Waals surface area contributed by atoms with Crippen molar-refractivity contribution in [2.45, 2.75) is 0 Å². The van der Waals surface area contributed by atoms with Gasteiger partial charge in [-0.25, -0.2) is 4.18 Å². The summed E-state index contributed by atoms with van der Waals surface area (Å²) in [5, 5.41) is 0. The Kier molecular flexibility index (Phi) is 3.43. The van der Waals surface area contributed by atoms with Gasteiger partial charge in [0.15, 0.2) is 0 Å². The molecule has 0 saturated heterocycles. The van der Waals surface area contributed by atoms with Crippen LogP contribution in [0, 0.1) is 0 Å². The summed E-state index contributed by atoms with van der Waals surface area (Å²) in [7, 11) is 1.43. The molecule has 0 aromatic heterocycles. The van der Waals surface area contributed by atoms with Crippen molar-refractivity contribution >= 4 is 10.4 Å². The highest BCUT2D eigenvalue weighted by atomic mass is 32.3. The quantitative estimate of drug-likeness (QED) is 0.473. The zero-order valence-electron chi connectivity index (χ0n) is 6.94. The molecule has 0 aliphatic rings. The second-order valence-electron chi connectivity index (χ2n) is 3.26. The highest BCUT2D eigenvalue weighted by Crippen LogP contribution is 1.92. The molecule has 0 atom stereocenters. The molecule has 0 aromatic rings. The molecular weight excluding hydrogens is 170 g/mol. The third-order valence-electron chi connectivity index (χ3n) is 0.994. The predicted octanol–water partition coefficient (Wildman–Crippen LogP) is -0.488. The number of hydrogen-bond acceptors (Lipinski definition) is 3. The average Bonchev–Trinajstić information content (AvgIpc) is 1.55. The van der Waals surface area contributed by atoms with Gasteiger partial charge in [-0.2, -0.15) is 8.42 Å². The second kappa shape index (κ2) is 3.48. The number of rotatable bonds is 4. The van der Waals surface area contributed by atoms with E-state index in [1.165, 1.54) is 0 Å². The minimum Gasteiger partial charge on any atom is -0.329 e. The van der Waals surface area contributed by atoms with E-state index >= 15 is 0 Å². The summed E-state index contributed by atoms with van der Waals surface area (Å²) in [6.45, 7) is 0.530. The van der Waals surface area contributed by atoms with E-state index in [0.717, 1.165) is 0 Å². The molecule has 5 nitrogen and oxygen atoms in total.